The molecule has 1 aliphatic carbocycles. The number of carbonyl (C=O) groups is 1. The highest BCUT2D eigenvalue weighted by molar-refractivity contribution is 5.77. The summed E-state index contributed by atoms with van der Waals surface area (Å²) in [6.07, 6.45) is 12.3. The van der Waals surface area contributed by atoms with E-state index in [2.05, 4.69) is 5.43 Å². The lowest BCUT2D eigenvalue weighted by molar-refractivity contribution is -0.125. The smallest absolute Gasteiger partial charge is 0.236 e. The van der Waals surface area contributed by atoms with Crippen LogP contribution in [-0.2, 0) is 4.79 Å². The molecule has 1 rings (SSSR count). The molecule has 1 saturated carbocycles. The van der Waals surface area contributed by atoms with E-state index in [1.165, 1.54) is 51.4 Å². The summed E-state index contributed by atoms with van der Waals surface area (Å²) in [6.45, 7) is 0. The predicted octanol–water partition coefficient (Wildman–Crippen LogP) is 2.51. The Bertz CT molecular complexity index is 170. The normalized spacial score (nSPS) is 21.7. The zero-order valence-corrected chi connectivity index (χ0v) is 9.63. The van der Waals surface area contributed by atoms with Gasteiger partial charge >= 0.3 is 0 Å². The molecule has 1 fully saturated rings. The SMILES string of the molecule is NNC(=O)C1CCCCCCCCCC1. The second kappa shape index (κ2) is 7.69. The minimum Gasteiger partial charge on any atom is -0.294 e. The van der Waals surface area contributed by atoms with Crippen molar-refractivity contribution in [1.82, 2.24) is 5.43 Å². The van der Waals surface area contributed by atoms with Crippen LogP contribution in [0.2, 0.25) is 0 Å². The largest absolute Gasteiger partial charge is 0.294 e. The lowest BCUT2D eigenvalue weighted by Crippen LogP contribution is -2.35. The van der Waals surface area contributed by atoms with E-state index in [1.807, 2.05) is 0 Å². The van der Waals surface area contributed by atoms with Crippen molar-refractivity contribution in [3.8, 4) is 0 Å². The van der Waals surface area contributed by atoms with Crippen LogP contribution in [0.1, 0.15) is 64.2 Å². The van der Waals surface area contributed by atoms with E-state index in [0.717, 1.165) is 12.8 Å². The standard InChI is InChI=1S/C12H24N2O/c13-14-12(15)11-9-7-5-3-1-2-4-6-8-10-11/h11H,1-10,13H2,(H,14,15). The molecule has 0 aromatic rings. The fourth-order valence-electron chi connectivity index (χ4n) is 2.37. The van der Waals surface area contributed by atoms with Crippen molar-refractivity contribution in [2.24, 2.45) is 11.8 Å². The van der Waals surface area contributed by atoms with Crippen LogP contribution in [0, 0.1) is 5.92 Å². The highest BCUT2D eigenvalue weighted by atomic mass is 16.2. The first kappa shape index (κ1) is 12.5. The molecule has 1 amide bonds. The molecular weight excluding hydrogens is 188 g/mol. The summed E-state index contributed by atoms with van der Waals surface area (Å²) in [5.74, 6) is 5.39. The molecule has 0 unspecified atom stereocenters. The number of nitrogens with two attached hydrogens (primary N) is 1. The van der Waals surface area contributed by atoms with E-state index in [4.69, 9.17) is 5.84 Å². The average Bonchev–Trinajstić information content (AvgIpc) is 2.32. The van der Waals surface area contributed by atoms with Gasteiger partial charge in [-0.3, -0.25) is 10.2 Å². The summed E-state index contributed by atoms with van der Waals surface area (Å²) in [6, 6.07) is 0. The zero-order chi connectivity index (χ0) is 10.9. The van der Waals surface area contributed by atoms with Crippen LogP contribution >= 0.6 is 0 Å². The van der Waals surface area contributed by atoms with Crippen LogP contribution in [0.5, 0.6) is 0 Å². The molecule has 0 saturated heterocycles. The Morgan fingerprint density at radius 2 is 1.27 bits per heavy atom. The number of rotatable bonds is 1. The van der Waals surface area contributed by atoms with E-state index >= 15 is 0 Å². The highest BCUT2D eigenvalue weighted by Gasteiger charge is 2.16. The molecule has 0 aromatic heterocycles. The number of hydrogen-bond acceptors (Lipinski definition) is 2. The summed E-state index contributed by atoms with van der Waals surface area (Å²) in [5.41, 5.74) is 2.30. The van der Waals surface area contributed by atoms with Crippen molar-refractivity contribution >= 4 is 5.91 Å². The zero-order valence-electron chi connectivity index (χ0n) is 9.63. The minimum absolute atomic E-state index is 0.0363. The van der Waals surface area contributed by atoms with Crippen LogP contribution < -0.4 is 11.3 Å². The number of nitrogens with one attached hydrogen (secondary N) is 1. The summed E-state index contributed by atoms with van der Waals surface area (Å²) < 4.78 is 0. The van der Waals surface area contributed by atoms with Crippen LogP contribution in [0.3, 0.4) is 0 Å². The highest BCUT2D eigenvalue weighted by Crippen LogP contribution is 2.21. The molecule has 0 aromatic carbocycles. The molecule has 3 N–H and O–H groups in total. The second-order valence-corrected chi connectivity index (χ2v) is 4.61. The molecule has 3 nitrogen and oxygen atoms in total. The van der Waals surface area contributed by atoms with E-state index in [-0.39, 0.29) is 11.8 Å². The van der Waals surface area contributed by atoms with Gasteiger partial charge in [-0.15, -0.1) is 0 Å². The Labute approximate surface area is 92.8 Å². The van der Waals surface area contributed by atoms with Gasteiger partial charge in [0.2, 0.25) is 5.91 Å². The topological polar surface area (TPSA) is 55.1 Å². The maximum atomic E-state index is 11.5. The van der Waals surface area contributed by atoms with E-state index in [1.54, 1.807) is 0 Å². The molecule has 3 heteroatoms. The van der Waals surface area contributed by atoms with Gasteiger partial charge in [-0.2, -0.15) is 0 Å². The van der Waals surface area contributed by atoms with Gasteiger partial charge in [-0.25, -0.2) is 5.84 Å². The van der Waals surface area contributed by atoms with Gasteiger partial charge < -0.3 is 0 Å². The van der Waals surface area contributed by atoms with Crippen molar-refractivity contribution in [3.63, 3.8) is 0 Å². The lowest BCUT2D eigenvalue weighted by atomic mass is 9.95. The number of carbonyl (C=O) groups excluding carboxylic acids is 1. The number of amides is 1. The van der Waals surface area contributed by atoms with Gasteiger partial charge in [0.05, 0.1) is 0 Å². The molecule has 15 heavy (non-hydrogen) atoms. The molecule has 0 atom stereocenters. The van der Waals surface area contributed by atoms with Crippen molar-refractivity contribution in [2.75, 3.05) is 0 Å². The monoisotopic (exact) mass is 212 g/mol. The fourth-order valence-corrected chi connectivity index (χ4v) is 2.37. The summed E-state index contributed by atoms with van der Waals surface area (Å²) >= 11 is 0. The van der Waals surface area contributed by atoms with Crippen LogP contribution in [0.25, 0.3) is 0 Å². The van der Waals surface area contributed by atoms with E-state index in [0.29, 0.717) is 0 Å². The third-order valence-corrected chi connectivity index (χ3v) is 3.37. The fraction of sp³-hybridized carbons (Fsp3) is 0.917. The Kier molecular flexibility index (Phi) is 6.41. The predicted molar refractivity (Wildman–Crippen MR) is 62.0 cm³/mol. The molecule has 0 heterocycles. The third-order valence-electron chi connectivity index (χ3n) is 3.37. The van der Waals surface area contributed by atoms with Crippen molar-refractivity contribution in [1.29, 1.82) is 0 Å². The Morgan fingerprint density at radius 1 is 0.867 bits per heavy atom. The number of hydrazine groups is 1. The molecule has 0 radical (unpaired) electrons. The Morgan fingerprint density at radius 3 is 1.67 bits per heavy atom. The van der Waals surface area contributed by atoms with Gasteiger partial charge in [-0.1, -0.05) is 51.4 Å². The number of hydrogen-bond donors (Lipinski definition) is 2. The average molecular weight is 212 g/mol. The molecule has 0 spiro atoms. The molecular formula is C12H24N2O. The van der Waals surface area contributed by atoms with Gasteiger partial charge in [0, 0.05) is 5.92 Å². The molecule has 88 valence electrons. The summed E-state index contributed by atoms with van der Waals surface area (Å²) in [4.78, 5) is 11.5. The van der Waals surface area contributed by atoms with Gasteiger partial charge in [0.1, 0.15) is 0 Å². The second-order valence-electron chi connectivity index (χ2n) is 4.61. The summed E-state index contributed by atoms with van der Waals surface area (Å²) in [7, 11) is 0. The van der Waals surface area contributed by atoms with Gasteiger partial charge in [-0.05, 0) is 12.8 Å². The first-order valence-electron chi connectivity index (χ1n) is 6.35. The maximum Gasteiger partial charge on any atom is 0.236 e. The minimum atomic E-state index is 0.0363. The van der Waals surface area contributed by atoms with Crippen LogP contribution in [-0.4, -0.2) is 5.91 Å². The summed E-state index contributed by atoms with van der Waals surface area (Å²) in [5, 5.41) is 0. The van der Waals surface area contributed by atoms with Gasteiger partial charge in [0.15, 0.2) is 0 Å². The maximum absolute atomic E-state index is 11.5. The van der Waals surface area contributed by atoms with E-state index < -0.39 is 0 Å². The van der Waals surface area contributed by atoms with Gasteiger partial charge in [0.25, 0.3) is 0 Å². The lowest BCUT2D eigenvalue weighted by Gasteiger charge is -2.14. The first-order chi connectivity index (χ1) is 7.34. The Hall–Kier alpha value is -0.570. The molecule has 0 bridgehead atoms. The molecule has 1 aliphatic rings. The van der Waals surface area contributed by atoms with Crippen molar-refractivity contribution in [2.45, 2.75) is 64.2 Å². The van der Waals surface area contributed by atoms with Crippen LogP contribution in [0.15, 0.2) is 0 Å². The van der Waals surface area contributed by atoms with E-state index in [9.17, 15) is 4.79 Å². The first-order valence-corrected chi connectivity index (χ1v) is 6.35. The van der Waals surface area contributed by atoms with Crippen molar-refractivity contribution < 1.29 is 4.79 Å². The quantitative estimate of drug-likeness (QED) is 0.398. The molecule has 0 aliphatic heterocycles. The Balaban J connectivity index is 2.35. The third kappa shape index (κ3) is 5.17. The van der Waals surface area contributed by atoms with Crippen LogP contribution in [0.4, 0.5) is 0 Å². The van der Waals surface area contributed by atoms with Crippen molar-refractivity contribution in [3.05, 3.63) is 0 Å².